The number of ketones is 1. The predicted molar refractivity (Wildman–Crippen MR) is 159 cm³/mol. The van der Waals surface area contributed by atoms with Crippen molar-refractivity contribution in [3.63, 3.8) is 0 Å². The number of ether oxygens (including phenoxy) is 1. The summed E-state index contributed by atoms with van der Waals surface area (Å²) in [5.74, 6) is -2.59. The van der Waals surface area contributed by atoms with Crippen LogP contribution in [-0.2, 0) is 18.8 Å². The molecule has 4 nitrogen and oxygen atoms in total. The first-order chi connectivity index (χ1) is 19.8. The predicted octanol–water partition coefficient (Wildman–Crippen LogP) is 6.24. The van der Waals surface area contributed by atoms with Crippen LogP contribution < -0.4 is 10.4 Å². The van der Waals surface area contributed by atoms with Crippen molar-refractivity contribution in [2.75, 3.05) is 0 Å². The topological polar surface area (TPSA) is 52.6 Å². The number of carbonyl (C=O) groups excluding carboxylic acids is 2. The molecule has 1 unspecified atom stereocenters. The summed E-state index contributed by atoms with van der Waals surface area (Å²) in [4.78, 5) is 26.4. The molecule has 8 atom stereocenters. The fourth-order valence-electron chi connectivity index (χ4n) is 8.90. The fourth-order valence-corrected chi connectivity index (χ4v) is 11.5. The second-order valence-corrected chi connectivity index (χ2v) is 16.0. The zero-order valence-electron chi connectivity index (χ0n) is 25.2. The maximum Gasteiger partial charge on any atom is 0.490 e. The molecular formula is C34H43F3O4Si. The van der Waals surface area contributed by atoms with Crippen molar-refractivity contribution in [2.45, 2.75) is 91.5 Å². The first-order valence-electron chi connectivity index (χ1n) is 15.3. The van der Waals surface area contributed by atoms with Gasteiger partial charge in [-0.15, -0.1) is 0 Å². The van der Waals surface area contributed by atoms with E-state index >= 15 is 0 Å². The largest absolute Gasteiger partial charge is 0.490 e. The lowest BCUT2D eigenvalue weighted by atomic mass is 9.43. The lowest BCUT2D eigenvalue weighted by Gasteiger charge is -2.63. The number of alkyl halides is 3. The molecule has 0 N–H and O–H groups in total. The Hall–Kier alpha value is -2.45. The van der Waals surface area contributed by atoms with Crippen molar-refractivity contribution in [3.05, 3.63) is 60.7 Å². The molecule has 3 fully saturated rings. The van der Waals surface area contributed by atoms with Gasteiger partial charge in [0, 0.05) is 29.1 Å². The quantitative estimate of drug-likeness (QED) is 0.291. The van der Waals surface area contributed by atoms with E-state index in [4.69, 9.17) is 9.16 Å². The molecule has 0 heterocycles. The van der Waals surface area contributed by atoms with Crippen LogP contribution in [0.2, 0.25) is 0 Å². The maximum absolute atomic E-state index is 13.9. The third-order valence-electron chi connectivity index (χ3n) is 11.6. The van der Waals surface area contributed by atoms with Crippen molar-refractivity contribution in [1.82, 2.24) is 0 Å². The zero-order valence-corrected chi connectivity index (χ0v) is 26.4. The summed E-state index contributed by atoms with van der Waals surface area (Å²) in [5.41, 5.74) is -1.87. The molecule has 3 aliphatic carbocycles. The summed E-state index contributed by atoms with van der Waals surface area (Å²) in [6, 6.07) is 20.3. The zero-order chi connectivity index (χ0) is 30.5. The molecule has 0 aliphatic heterocycles. The number of esters is 1. The average molecular weight is 601 g/mol. The second-order valence-electron chi connectivity index (χ2n) is 13.6. The highest BCUT2D eigenvalue weighted by Crippen LogP contribution is 2.68. The van der Waals surface area contributed by atoms with Crippen LogP contribution in [0.25, 0.3) is 0 Å². The first-order valence-corrected chi connectivity index (χ1v) is 17.0. The van der Waals surface area contributed by atoms with Gasteiger partial charge in [-0.3, -0.25) is 4.79 Å². The van der Waals surface area contributed by atoms with Crippen molar-refractivity contribution in [1.29, 1.82) is 0 Å². The van der Waals surface area contributed by atoms with Crippen molar-refractivity contribution >= 4 is 31.2 Å². The Morgan fingerprint density at radius 2 is 1.55 bits per heavy atom. The van der Waals surface area contributed by atoms with E-state index in [2.05, 4.69) is 38.1 Å². The molecule has 2 aromatic rings. The summed E-state index contributed by atoms with van der Waals surface area (Å²) in [7, 11) is -2.30. The van der Waals surface area contributed by atoms with Crippen LogP contribution in [-0.4, -0.2) is 39.2 Å². The molecule has 42 heavy (non-hydrogen) atoms. The van der Waals surface area contributed by atoms with E-state index in [-0.39, 0.29) is 17.6 Å². The van der Waals surface area contributed by atoms with E-state index in [1.165, 1.54) is 0 Å². The van der Waals surface area contributed by atoms with Crippen molar-refractivity contribution in [2.24, 2.45) is 34.0 Å². The van der Waals surface area contributed by atoms with Crippen LogP contribution in [0.5, 0.6) is 0 Å². The summed E-state index contributed by atoms with van der Waals surface area (Å²) < 4.78 is 53.8. The SMILES string of the molecule is CC[C@]1(C)C[C@@H](O[SiH](c2ccccc2)c2ccccc2)[C@@]2(C)C3C(=O)CC[C@@]3(CC[C@H]2C)[C@@H](C)[C@@H]1OC(=O)C(F)(F)F. The third-order valence-corrected chi connectivity index (χ3v) is 14.2. The molecule has 5 rings (SSSR count). The highest BCUT2D eigenvalue weighted by molar-refractivity contribution is 6.80. The van der Waals surface area contributed by atoms with Gasteiger partial charge in [0.2, 0.25) is 9.04 Å². The first kappa shape index (κ1) is 31.0. The number of benzene rings is 2. The average Bonchev–Trinajstić information content (AvgIpc) is 3.33. The number of carbonyl (C=O) groups is 2. The van der Waals surface area contributed by atoms with Gasteiger partial charge in [0.05, 0.1) is 6.10 Å². The monoisotopic (exact) mass is 600 g/mol. The van der Waals surface area contributed by atoms with Gasteiger partial charge in [0.1, 0.15) is 11.9 Å². The van der Waals surface area contributed by atoms with Gasteiger partial charge < -0.3 is 9.16 Å². The molecule has 2 aromatic carbocycles. The van der Waals surface area contributed by atoms with E-state index in [1.807, 2.05) is 57.2 Å². The van der Waals surface area contributed by atoms with Gasteiger partial charge in [-0.05, 0) is 53.8 Å². The lowest BCUT2D eigenvalue weighted by molar-refractivity contribution is -0.233. The van der Waals surface area contributed by atoms with Crippen molar-refractivity contribution in [3.8, 4) is 0 Å². The molecular weight excluding hydrogens is 557 g/mol. The highest BCUT2D eigenvalue weighted by atomic mass is 28.3. The standard InChI is InChI=1S/C34H43F3O4Si/c1-6-31(4)21-27(41-42(24-13-9-7-10-14-24)25-15-11-8-12-16-25)32(5)22(2)17-19-33(20-18-26(38)28(32)33)23(3)29(31)40-30(39)34(35,36)37/h7-16,22-23,27-29,42H,6,17-21H2,1-5H3/t22-,23+,27-,28?,29+,31-,32+,33+/m1/s1. The Bertz CT molecular complexity index is 1250. The molecule has 0 saturated heterocycles. The minimum absolute atomic E-state index is 0.170. The van der Waals surface area contributed by atoms with E-state index in [0.29, 0.717) is 25.7 Å². The molecule has 0 amide bonds. The number of halogens is 3. The van der Waals surface area contributed by atoms with Gasteiger partial charge in [-0.2, -0.15) is 13.2 Å². The van der Waals surface area contributed by atoms with Crippen LogP contribution >= 0.6 is 0 Å². The van der Waals surface area contributed by atoms with Gasteiger partial charge >= 0.3 is 12.1 Å². The molecule has 8 heteroatoms. The number of Topliss-reactive ketones (excluding diaryl/α,β-unsaturated/α-hetero) is 1. The third kappa shape index (κ3) is 5.06. The second kappa shape index (κ2) is 11.2. The Balaban J connectivity index is 1.69. The Kier molecular flexibility index (Phi) is 8.29. The Morgan fingerprint density at radius 1 is 0.976 bits per heavy atom. The molecule has 0 aromatic heterocycles. The highest BCUT2D eigenvalue weighted by Gasteiger charge is 2.69. The summed E-state index contributed by atoms with van der Waals surface area (Å²) in [5, 5.41) is 2.21. The fraction of sp³-hybridized carbons (Fsp3) is 0.588. The minimum atomic E-state index is -5.09. The number of rotatable bonds is 6. The van der Waals surface area contributed by atoms with Crippen LogP contribution in [0.4, 0.5) is 13.2 Å². The molecule has 3 aliphatic rings. The van der Waals surface area contributed by atoms with E-state index in [9.17, 15) is 22.8 Å². The van der Waals surface area contributed by atoms with Gasteiger partial charge in [-0.25, -0.2) is 4.79 Å². The van der Waals surface area contributed by atoms with E-state index in [0.717, 1.165) is 23.2 Å². The summed E-state index contributed by atoms with van der Waals surface area (Å²) in [6.07, 6.45) is -3.03. The van der Waals surface area contributed by atoms with E-state index in [1.54, 1.807) is 0 Å². The van der Waals surface area contributed by atoms with Crippen LogP contribution in [0.1, 0.15) is 73.1 Å². The van der Waals surface area contributed by atoms with Crippen LogP contribution in [0, 0.1) is 34.0 Å². The number of hydrogen-bond acceptors (Lipinski definition) is 4. The molecule has 0 radical (unpaired) electrons. The Labute approximate surface area is 249 Å². The Morgan fingerprint density at radius 3 is 2.07 bits per heavy atom. The van der Waals surface area contributed by atoms with Gasteiger partial charge in [-0.1, -0.05) is 95.3 Å². The van der Waals surface area contributed by atoms with Gasteiger partial charge in [0.25, 0.3) is 0 Å². The summed E-state index contributed by atoms with van der Waals surface area (Å²) >= 11 is 0. The molecule has 228 valence electrons. The normalized spacial score (nSPS) is 36.7. The van der Waals surface area contributed by atoms with Crippen LogP contribution in [0.15, 0.2) is 60.7 Å². The number of hydrogen-bond donors (Lipinski definition) is 0. The van der Waals surface area contributed by atoms with E-state index < -0.39 is 55.6 Å². The van der Waals surface area contributed by atoms with Gasteiger partial charge in [0.15, 0.2) is 0 Å². The smallest absolute Gasteiger partial charge is 0.455 e. The molecule has 2 bridgehead atoms. The molecule has 0 spiro atoms. The van der Waals surface area contributed by atoms with Crippen LogP contribution in [0.3, 0.4) is 0 Å². The summed E-state index contributed by atoms with van der Waals surface area (Å²) in [6.45, 7) is 10.3. The molecule has 3 saturated carbocycles. The lowest BCUT2D eigenvalue weighted by Crippen LogP contribution is -2.65. The maximum atomic E-state index is 13.9. The minimum Gasteiger partial charge on any atom is -0.455 e. The van der Waals surface area contributed by atoms with Crippen molar-refractivity contribution < 1.29 is 31.9 Å².